The summed E-state index contributed by atoms with van der Waals surface area (Å²) >= 11 is 5.56. The van der Waals surface area contributed by atoms with Crippen LogP contribution in [0.15, 0.2) is 12.1 Å². The first kappa shape index (κ1) is 11.9. The largest absolute Gasteiger partial charge is 0.308 e. The minimum Gasteiger partial charge on any atom is -0.308 e. The van der Waals surface area contributed by atoms with Crippen molar-refractivity contribution in [2.24, 2.45) is 5.92 Å². The smallest absolute Gasteiger partial charge is 0.228 e. The molecule has 0 saturated carbocycles. The lowest BCUT2D eigenvalue weighted by atomic mass is 10.1. The Morgan fingerprint density at radius 3 is 2.71 bits per heavy atom. The lowest BCUT2D eigenvalue weighted by Crippen LogP contribution is -2.25. The van der Waals surface area contributed by atoms with Gasteiger partial charge in [0, 0.05) is 24.9 Å². The van der Waals surface area contributed by atoms with Gasteiger partial charge >= 0.3 is 0 Å². The maximum Gasteiger partial charge on any atom is 0.228 e. The Morgan fingerprint density at radius 1 is 1.41 bits per heavy atom. The molecule has 17 heavy (non-hydrogen) atoms. The summed E-state index contributed by atoms with van der Waals surface area (Å²) in [6, 6.07) is 1.76. The van der Waals surface area contributed by atoms with Gasteiger partial charge in [0.05, 0.1) is 10.7 Å². The number of nitrogens with zero attached hydrogens (tertiary/aromatic N) is 1. The molecule has 5 heteroatoms. The molecule has 1 amide bonds. The van der Waals surface area contributed by atoms with E-state index in [1.807, 2.05) is 0 Å². The molecule has 1 atom stereocenters. The highest BCUT2D eigenvalue weighted by Crippen LogP contribution is 2.30. The normalized spacial score (nSPS) is 19.5. The SMILES string of the molecule is C#CC1CC(=O)N(c2cc(Cl)c(F)cc2F)C1. The van der Waals surface area contributed by atoms with E-state index in [9.17, 15) is 13.6 Å². The molecule has 0 radical (unpaired) electrons. The van der Waals surface area contributed by atoms with Crippen molar-refractivity contribution in [1.29, 1.82) is 0 Å². The summed E-state index contributed by atoms with van der Waals surface area (Å²) in [7, 11) is 0. The summed E-state index contributed by atoms with van der Waals surface area (Å²) < 4.78 is 26.5. The van der Waals surface area contributed by atoms with Gasteiger partial charge in [-0.25, -0.2) is 8.78 Å². The molecule has 0 bridgehead atoms. The van der Waals surface area contributed by atoms with Crippen LogP contribution in [0.3, 0.4) is 0 Å². The molecule has 1 fully saturated rings. The molecule has 0 aliphatic carbocycles. The molecule has 1 heterocycles. The first-order chi connectivity index (χ1) is 8.02. The third kappa shape index (κ3) is 2.11. The van der Waals surface area contributed by atoms with Crippen LogP contribution in [0, 0.1) is 29.9 Å². The molecule has 1 aliphatic rings. The van der Waals surface area contributed by atoms with Crippen LogP contribution in [0.5, 0.6) is 0 Å². The second-order valence-corrected chi connectivity index (χ2v) is 4.20. The molecule has 1 aromatic carbocycles. The van der Waals surface area contributed by atoms with Crippen LogP contribution in [0.25, 0.3) is 0 Å². The van der Waals surface area contributed by atoms with Gasteiger partial charge < -0.3 is 4.90 Å². The molecule has 2 rings (SSSR count). The van der Waals surface area contributed by atoms with Crippen LogP contribution in [0.4, 0.5) is 14.5 Å². The highest BCUT2D eigenvalue weighted by Gasteiger charge is 2.31. The number of halogens is 3. The molecule has 1 saturated heterocycles. The van der Waals surface area contributed by atoms with E-state index < -0.39 is 11.6 Å². The van der Waals surface area contributed by atoms with E-state index >= 15 is 0 Å². The molecule has 2 nitrogen and oxygen atoms in total. The lowest BCUT2D eigenvalue weighted by Gasteiger charge is -2.17. The van der Waals surface area contributed by atoms with Crippen LogP contribution >= 0.6 is 11.6 Å². The first-order valence-corrected chi connectivity index (χ1v) is 5.31. The Labute approximate surface area is 102 Å². The molecule has 0 N–H and O–H groups in total. The molecule has 0 spiro atoms. The second-order valence-electron chi connectivity index (χ2n) is 3.79. The fourth-order valence-electron chi connectivity index (χ4n) is 1.77. The zero-order valence-corrected chi connectivity index (χ0v) is 9.47. The van der Waals surface area contributed by atoms with Crippen LogP contribution in [0.1, 0.15) is 6.42 Å². The Bertz CT molecular complexity index is 524. The monoisotopic (exact) mass is 255 g/mol. The minimum absolute atomic E-state index is 0.0286. The van der Waals surface area contributed by atoms with Crippen molar-refractivity contribution >= 4 is 23.2 Å². The molecule has 0 aromatic heterocycles. The third-order valence-electron chi connectivity index (χ3n) is 2.64. The number of carbonyl (C=O) groups is 1. The predicted molar refractivity (Wildman–Crippen MR) is 60.7 cm³/mol. The van der Waals surface area contributed by atoms with Crippen molar-refractivity contribution in [3.8, 4) is 12.3 Å². The maximum absolute atomic E-state index is 13.5. The molecule has 1 aliphatic heterocycles. The van der Waals surface area contributed by atoms with Crippen molar-refractivity contribution in [2.45, 2.75) is 6.42 Å². The van der Waals surface area contributed by atoms with Gasteiger partial charge in [0.25, 0.3) is 0 Å². The van der Waals surface area contributed by atoms with Gasteiger partial charge in [-0.15, -0.1) is 12.3 Å². The van der Waals surface area contributed by atoms with Gasteiger partial charge in [0.1, 0.15) is 11.6 Å². The zero-order valence-electron chi connectivity index (χ0n) is 8.71. The van der Waals surface area contributed by atoms with E-state index in [1.165, 1.54) is 4.90 Å². The Hall–Kier alpha value is -1.60. The van der Waals surface area contributed by atoms with Gasteiger partial charge in [-0.3, -0.25) is 4.79 Å². The Morgan fingerprint density at radius 2 is 2.12 bits per heavy atom. The van der Waals surface area contributed by atoms with E-state index in [0.29, 0.717) is 6.07 Å². The number of terminal acetylenes is 1. The van der Waals surface area contributed by atoms with E-state index in [2.05, 4.69) is 5.92 Å². The van der Waals surface area contributed by atoms with E-state index in [1.54, 1.807) is 0 Å². The Kier molecular flexibility index (Phi) is 3.03. The highest BCUT2D eigenvalue weighted by molar-refractivity contribution is 6.31. The van der Waals surface area contributed by atoms with E-state index in [-0.39, 0.29) is 35.5 Å². The fraction of sp³-hybridized carbons (Fsp3) is 0.250. The van der Waals surface area contributed by atoms with Crippen LogP contribution in [-0.2, 0) is 4.79 Å². The molecular weight excluding hydrogens is 248 g/mol. The predicted octanol–water partition coefficient (Wildman–Crippen LogP) is 2.60. The van der Waals surface area contributed by atoms with Crippen molar-refractivity contribution in [1.82, 2.24) is 0 Å². The van der Waals surface area contributed by atoms with Gasteiger partial charge in [-0.2, -0.15) is 0 Å². The number of carbonyl (C=O) groups excluding carboxylic acids is 1. The summed E-state index contributed by atoms with van der Waals surface area (Å²) in [5, 5.41) is -0.224. The van der Waals surface area contributed by atoms with Crippen molar-refractivity contribution < 1.29 is 13.6 Å². The lowest BCUT2D eigenvalue weighted by molar-refractivity contribution is -0.117. The number of hydrogen-bond donors (Lipinski definition) is 0. The quantitative estimate of drug-likeness (QED) is 0.558. The number of rotatable bonds is 1. The summed E-state index contributed by atoms with van der Waals surface area (Å²) in [5.74, 6) is 0.245. The number of hydrogen-bond acceptors (Lipinski definition) is 1. The fourth-order valence-corrected chi connectivity index (χ4v) is 1.93. The highest BCUT2D eigenvalue weighted by atomic mass is 35.5. The summed E-state index contributed by atoms with van der Waals surface area (Å²) in [6.45, 7) is 0.230. The standard InChI is InChI=1S/C12H8ClF2NO/c1-2-7-3-12(17)16(6-7)11-4-8(13)9(14)5-10(11)15/h1,4-5,7H,3,6H2. The zero-order chi connectivity index (χ0) is 12.6. The molecular formula is C12H8ClF2NO. The van der Waals surface area contributed by atoms with Crippen LogP contribution in [-0.4, -0.2) is 12.5 Å². The van der Waals surface area contributed by atoms with Crippen LogP contribution in [0.2, 0.25) is 5.02 Å². The molecule has 88 valence electrons. The van der Waals surface area contributed by atoms with Crippen molar-refractivity contribution in [2.75, 3.05) is 11.4 Å². The number of anilines is 1. The van der Waals surface area contributed by atoms with Gasteiger partial charge in [0.2, 0.25) is 5.91 Å². The average molecular weight is 256 g/mol. The number of benzene rings is 1. The van der Waals surface area contributed by atoms with Gasteiger partial charge in [-0.05, 0) is 6.07 Å². The van der Waals surface area contributed by atoms with Crippen molar-refractivity contribution in [3.05, 3.63) is 28.8 Å². The number of amides is 1. The topological polar surface area (TPSA) is 20.3 Å². The molecule has 1 aromatic rings. The summed E-state index contributed by atoms with van der Waals surface area (Å²) in [4.78, 5) is 12.8. The van der Waals surface area contributed by atoms with E-state index in [4.69, 9.17) is 18.0 Å². The minimum atomic E-state index is -0.854. The third-order valence-corrected chi connectivity index (χ3v) is 2.93. The van der Waals surface area contributed by atoms with E-state index in [0.717, 1.165) is 6.07 Å². The van der Waals surface area contributed by atoms with Gasteiger partial charge in [-0.1, -0.05) is 11.6 Å². The second kappa shape index (κ2) is 4.34. The maximum atomic E-state index is 13.5. The summed E-state index contributed by atoms with van der Waals surface area (Å²) in [6.07, 6.45) is 5.39. The van der Waals surface area contributed by atoms with Crippen LogP contribution < -0.4 is 4.90 Å². The first-order valence-electron chi connectivity index (χ1n) is 4.94. The average Bonchev–Trinajstić information content (AvgIpc) is 2.65. The summed E-state index contributed by atoms with van der Waals surface area (Å²) in [5.41, 5.74) is -0.0286. The van der Waals surface area contributed by atoms with Crippen molar-refractivity contribution in [3.63, 3.8) is 0 Å². The Balaban J connectivity index is 2.39. The van der Waals surface area contributed by atoms with Gasteiger partial charge in [0.15, 0.2) is 0 Å². The molecule has 1 unspecified atom stereocenters.